The van der Waals surface area contributed by atoms with Gasteiger partial charge in [-0.05, 0) is 29.7 Å². The van der Waals surface area contributed by atoms with Crippen LogP contribution in [0.1, 0.15) is 0 Å². The zero-order valence-corrected chi connectivity index (χ0v) is 16.4. The first-order valence-electron chi connectivity index (χ1n) is 8.87. The lowest BCUT2D eigenvalue weighted by Gasteiger charge is -2.14. The highest BCUT2D eigenvalue weighted by atomic mass is 32.2. The van der Waals surface area contributed by atoms with E-state index in [4.69, 9.17) is 9.47 Å². The summed E-state index contributed by atoms with van der Waals surface area (Å²) in [5.41, 5.74) is 0. The van der Waals surface area contributed by atoms with Crippen LogP contribution in [0, 0.1) is 0 Å². The van der Waals surface area contributed by atoms with Crippen LogP contribution in [0.5, 0.6) is 11.5 Å². The molecule has 3 aromatic rings. The third-order valence-electron chi connectivity index (χ3n) is 4.03. The van der Waals surface area contributed by atoms with Gasteiger partial charge in [-0.15, -0.1) is 11.8 Å². The van der Waals surface area contributed by atoms with Crippen LogP contribution in [-0.2, 0) is 9.53 Å². The van der Waals surface area contributed by atoms with Gasteiger partial charge in [0.2, 0.25) is 0 Å². The molecule has 0 aliphatic carbocycles. The van der Waals surface area contributed by atoms with Gasteiger partial charge in [0, 0.05) is 16.0 Å². The molecular weight excluding hydrogens is 376 g/mol. The Bertz CT molecular complexity index is 913. The summed E-state index contributed by atoms with van der Waals surface area (Å²) in [5, 5.41) is 12.2. The number of methoxy groups -OCH3 is 1. The average Bonchev–Trinajstić information content (AvgIpc) is 2.75. The summed E-state index contributed by atoms with van der Waals surface area (Å²) in [6.07, 6.45) is -0.598. The van der Waals surface area contributed by atoms with Crippen LogP contribution in [0.25, 0.3) is 10.8 Å². The van der Waals surface area contributed by atoms with Gasteiger partial charge in [0.1, 0.15) is 18.1 Å². The summed E-state index contributed by atoms with van der Waals surface area (Å²) < 4.78 is 15.8. The van der Waals surface area contributed by atoms with Crippen molar-refractivity contribution >= 4 is 28.5 Å². The van der Waals surface area contributed by atoms with Gasteiger partial charge in [-0.3, -0.25) is 0 Å². The number of esters is 1. The summed E-state index contributed by atoms with van der Waals surface area (Å²) in [5.74, 6) is 1.44. The van der Waals surface area contributed by atoms with Crippen molar-refractivity contribution < 1.29 is 24.1 Å². The Balaban J connectivity index is 1.63. The number of benzene rings is 3. The topological polar surface area (TPSA) is 65.0 Å². The summed E-state index contributed by atoms with van der Waals surface area (Å²) in [4.78, 5) is 12.4. The first-order valence-corrected chi connectivity index (χ1v) is 9.86. The lowest BCUT2D eigenvalue weighted by Crippen LogP contribution is -2.20. The lowest BCUT2D eigenvalue weighted by molar-refractivity contribution is -0.142. The van der Waals surface area contributed by atoms with E-state index in [0.29, 0.717) is 11.5 Å². The molecule has 0 radical (unpaired) electrons. The molecule has 0 amide bonds. The zero-order chi connectivity index (χ0) is 19.8. The average molecular weight is 398 g/mol. The smallest absolute Gasteiger partial charge is 0.343 e. The first kappa shape index (κ1) is 20.0. The second-order valence-electron chi connectivity index (χ2n) is 6.06. The van der Waals surface area contributed by atoms with Crippen molar-refractivity contribution in [2.75, 3.05) is 26.1 Å². The lowest BCUT2D eigenvalue weighted by atomic mass is 10.1. The SMILES string of the molecule is COC(=O)COc1cccc2c(SCC(O)COc3ccccc3)cccc12. The van der Waals surface area contributed by atoms with E-state index in [9.17, 15) is 9.90 Å². The van der Waals surface area contributed by atoms with E-state index >= 15 is 0 Å². The fourth-order valence-corrected chi connectivity index (χ4v) is 3.62. The van der Waals surface area contributed by atoms with Crippen molar-refractivity contribution in [3.8, 4) is 11.5 Å². The summed E-state index contributed by atoms with van der Waals surface area (Å²) in [6.45, 7) is 0.0950. The summed E-state index contributed by atoms with van der Waals surface area (Å²) in [7, 11) is 1.33. The largest absolute Gasteiger partial charge is 0.491 e. The molecule has 5 nitrogen and oxygen atoms in total. The molecule has 1 N–H and O–H groups in total. The number of aliphatic hydroxyl groups excluding tert-OH is 1. The Morgan fingerprint density at radius 2 is 1.71 bits per heavy atom. The molecule has 0 aliphatic rings. The molecule has 146 valence electrons. The minimum absolute atomic E-state index is 0.136. The Hall–Kier alpha value is -2.70. The second kappa shape index (κ2) is 10.0. The highest BCUT2D eigenvalue weighted by molar-refractivity contribution is 7.99. The molecule has 3 rings (SSSR count). The first-order chi connectivity index (χ1) is 13.7. The molecule has 0 heterocycles. The fourth-order valence-electron chi connectivity index (χ4n) is 2.64. The zero-order valence-electron chi connectivity index (χ0n) is 15.5. The molecule has 0 aromatic heterocycles. The molecule has 3 aromatic carbocycles. The van der Waals surface area contributed by atoms with Gasteiger partial charge in [0.15, 0.2) is 6.61 Å². The Labute approximate surface area is 168 Å². The molecule has 0 fully saturated rings. The maximum Gasteiger partial charge on any atom is 0.343 e. The van der Waals surface area contributed by atoms with Crippen molar-refractivity contribution in [2.24, 2.45) is 0 Å². The molecule has 0 bridgehead atoms. The molecule has 0 saturated carbocycles. The molecule has 0 spiro atoms. The number of carbonyl (C=O) groups is 1. The number of aliphatic hydroxyl groups is 1. The van der Waals surface area contributed by atoms with Gasteiger partial charge in [-0.2, -0.15) is 0 Å². The van der Waals surface area contributed by atoms with Crippen LogP contribution in [0.4, 0.5) is 0 Å². The molecule has 0 aliphatic heterocycles. The van der Waals surface area contributed by atoms with Crippen molar-refractivity contribution in [3.63, 3.8) is 0 Å². The number of para-hydroxylation sites is 1. The maximum absolute atomic E-state index is 11.3. The number of carbonyl (C=O) groups excluding carboxylic acids is 1. The monoisotopic (exact) mass is 398 g/mol. The quantitative estimate of drug-likeness (QED) is 0.435. The van der Waals surface area contributed by atoms with Crippen molar-refractivity contribution in [2.45, 2.75) is 11.0 Å². The van der Waals surface area contributed by atoms with Gasteiger partial charge in [0.05, 0.1) is 13.2 Å². The van der Waals surface area contributed by atoms with E-state index in [1.54, 1.807) is 11.8 Å². The van der Waals surface area contributed by atoms with Crippen LogP contribution in [0.15, 0.2) is 71.6 Å². The predicted molar refractivity (Wildman–Crippen MR) is 110 cm³/mol. The Morgan fingerprint density at radius 3 is 2.50 bits per heavy atom. The minimum atomic E-state index is -0.598. The minimum Gasteiger partial charge on any atom is -0.491 e. The van der Waals surface area contributed by atoms with Gasteiger partial charge in [-0.25, -0.2) is 4.79 Å². The van der Waals surface area contributed by atoms with Crippen LogP contribution < -0.4 is 9.47 Å². The molecular formula is C22H22O5S. The second-order valence-corrected chi connectivity index (χ2v) is 7.12. The number of rotatable bonds is 9. The fraction of sp³-hybridized carbons (Fsp3) is 0.227. The standard InChI is InChI=1S/C22H22O5S/c1-25-22(24)14-27-20-11-5-10-19-18(20)9-6-12-21(19)28-15-16(23)13-26-17-7-3-2-4-8-17/h2-12,16,23H,13-15H2,1H3. The van der Waals surface area contributed by atoms with Gasteiger partial charge < -0.3 is 19.3 Å². The normalized spacial score (nSPS) is 11.8. The number of fused-ring (bicyclic) bond motifs is 1. The molecule has 0 saturated heterocycles. The van der Waals surface area contributed by atoms with Crippen molar-refractivity contribution in [3.05, 3.63) is 66.7 Å². The van der Waals surface area contributed by atoms with Crippen LogP contribution in [0.2, 0.25) is 0 Å². The van der Waals surface area contributed by atoms with Crippen molar-refractivity contribution in [1.29, 1.82) is 0 Å². The van der Waals surface area contributed by atoms with Crippen LogP contribution >= 0.6 is 11.8 Å². The number of ether oxygens (including phenoxy) is 3. The number of thioether (sulfide) groups is 1. The van der Waals surface area contributed by atoms with E-state index in [-0.39, 0.29) is 13.2 Å². The van der Waals surface area contributed by atoms with E-state index in [2.05, 4.69) is 4.74 Å². The maximum atomic E-state index is 11.3. The van der Waals surface area contributed by atoms with Gasteiger partial charge in [-0.1, -0.05) is 42.5 Å². The van der Waals surface area contributed by atoms with E-state index < -0.39 is 12.1 Å². The Kier molecular flexibility index (Phi) is 7.17. The highest BCUT2D eigenvalue weighted by Crippen LogP contribution is 2.33. The third kappa shape index (κ3) is 5.41. The van der Waals surface area contributed by atoms with E-state index in [1.807, 2.05) is 66.7 Å². The van der Waals surface area contributed by atoms with Gasteiger partial charge >= 0.3 is 5.97 Å². The molecule has 6 heteroatoms. The third-order valence-corrected chi connectivity index (χ3v) is 5.25. The molecule has 1 unspecified atom stereocenters. The van der Waals surface area contributed by atoms with Crippen LogP contribution in [-0.4, -0.2) is 43.3 Å². The molecule has 1 atom stereocenters. The van der Waals surface area contributed by atoms with Gasteiger partial charge in [0.25, 0.3) is 0 Å². The number of hydrogen-bond acceptors (Lipinski definition) is 6. The van der Waals surface area contributed by atoms with E-state index in [1.165, 1.54) is 7.11 Å². The van der Waals surface area contributed by atoms with Crippen LogP contribution in [0.3, 0.4) is 0 Å². The van der Waals surface area contributed by atoms with E-state index in [0.717, 1.165) is 21.4 Å². The van der Waals surface area contributed by atoms with Crippen molar-refractivity contribution in [1.82, 2.24) is 0 Å². The highest BCUT2D eigenvalue weighted by Gasteiger charge is 2.11. The molecule has 28 heavy (non-hydrogen) atoms. The number of hydrogen-bond donors (Lipinski definition) is 1. The summed E-state index contributed by atoms with van der Waals surface area (Å²) >= 11 is 1.55. The Morgan fingerprint density at radius 1 is 0.964 bits per heavy atom. The summed E-state index contributed by atoms with van der Waals surface area (Å²) in [6, 6.07) is 21.0. The predicted octanol–water partition coefficient (Wildman–Crippen LogP) is 3.92.